The molecule has 3 rings (SSSR count). The van der Waals surface area contributed by atoms with E-state index in [0.29, 0.717) is 17.0 Å². The van der Waals surface area contributed by atoms with Gasteiger partial charge in [0.2, 0.25) is 0 Å². The fourth-order valence-electron chi connectivity index (χ4n) is 3.31. The van der Waals surface area contributed by atoms with Crippen molar-refractivity contribution in [3.63, 3.8) is 0 Å². The highest BCUT2D eigenvalue weighted by Crippen LogP contribution is 2.34. The number of ether oxygens (including phenoxy) is 1. The van der Waals surface area contributed by atoms with Crippen molar-refractivity contribution in [3.05, 3.63) is 27.9 Å². The van der Waals surface area contributed by atoms with Crippen LogP contribution in [0.3, 0.4) is 0 Å². The van der Waals surface area contributed by atoms with Crippen molar-refractivity contribution in [2.45, 2.75) is 46.1 Å². The van der Waals surface area contributed by atoms with E-state index in [1.54, 1.807) is 17.8 Å². The summed E-state index contributed by atoms with van der Waals surface area (Å²) in [4.78, 5) is 26.0. The van der Waals surface area contributed by atoms with Crippen LogP contribution >= 0.6 is 11.3 Å². The van der Waals surface area contributed by atoms with E-state index in [-0.39, 0.29) is 24.2 Å². The Morgan fingerprint density at radius 2 is 2.11 bits per heavy atom. The van der Waals surface area contributed by atoms with E-state index in [0.717, 1.165) is 36.4 Å². The molecule has 0 saturated carbocycles. The van der Waals surface area contributed by atoms with Crippen LogP contribution in [0.4, 0.5) is 5.00 Å². The first-order valence-corrected chi connectivity index (χ1v) is 10.1. The van der Waals surface area contributed by atoms with E-state index in [9.17, 15) is 9.59 Å². The van der Waals surface area contributed by atoms with Crippen molar-refractivity contribution < 1.29 is 14.3 Å². The molecule has 0 aliphatic carbocycles. The minimum Gasteiger partial charge on any atom is -0.462 e. The molecule has 1 aliphatic rings. The second kappa shape index (κ2) is 8.62. The maximum Gasteiger partial charge on any atom is 0.341 e. The number of hydrogen-bond acceptors (Lipinski definition) is 7. The molecule has 2 aromatic heterocycles. The Balaban J connectivity index is 1.80. The molecule has 0 unspecified atom stereocenters. The van der Waals surface area contributed by atoms with Crippen LogP contribution in [0.15, 0.2) is 6.20 Å². The van der Waals surface area contributed by atoms with Crippen LogP contribution in [0.1, 0.15) is 64.0 Å². The summed E-state index contributed by atoms with van der Waals surface area (Å²) in [5.74, 6) is -0.781. The maximum atomic E-state index is 12.7. The van der Waals surface area contributed by atoms with Gasteiger partial charge >= 0.3 is 5.97 Å². The molecule has 3 heterocycles. The first-order chi connectivity index (χ1) is 13.0. The van der Waals surface area contributed by atoms with Gasteiger partial charge in [0, 0.05) is 4.88 Å². The third-order valence-electron chi connectivity index (χ3n) is 4.69. The molecule has 0 atom stereocenters. The first-order valence-electron chi connectivity index (χ1n) is 9.28. The number of thiophene rings is 1. The lowest BCUT2D eigenvalue weighted by Crippen LogP contribution is -2.29. The average molecular weight is 391 g/mol. The number of amides is 1. The molecule has 8 nitrogen and oxygen atoms in total. The number of aromatic nitrogens is 3. The number of carbonyl (C=O) groups excluding carboxylic acids is 2. The van der Waals surface area contributed by atoms with Gasteiger partial charge in [0.05, 0.1) is 24.4 Å². The SMILES string of the molecule is CCOC(=O)c1c(NC(=O)c2cn(C3CCNCC3)nn2)sc(C)c1CC. The molecule has 1 amide bonds. The van der Waals surface area contributed by atoms with Crippen molar-refractivity contribution >= 4 is 28.2 Å². The molecule has 27 heavy (non-hydrogen) atoms. The second-order valence-corrected chi connectivity index (χ2v) is 7.66. The van der Waals surface area contributed by atoms with Crippen LogP contribution in [-0.4, -0.2) is 46.6 Å². The van der Waals surface area contributed by atoms with E-state index >= 15 is 0 Å². The van der Waals surface area contributed by atoms with E-state index in [2.05, 4.69) is 20.9 Å². The van der Waals surface area contributed by atoms with Crippen LogP contribution in [0.5, 0.6) is 0 Å². The summed E-state index contributed by atoms with van der Waals surface area (Å²) in [7, 11) is 0. The number of nitrogens with zero attached hydrogens (tertiary/aromatic N) is 3. The van der Waals surface area contributed by atoms with Crippen molar-refractivity contribution in [2.24, 2.45) is 0 Å². The summed E-state index contributed by atoms with van der Waals surface area (Å²) in [5.41, 5.74) is 1.60. The van der Waals surface area contributed by atoms with Gasteiger partial charge in [0.15, 0.2) is 5.69 Å². The molecule has 1 fully saturated rings. The molecule has 0 aromatic carbocycles. The van der Waals surface area contributed by atoms with Crippen molar-refractivity contribution in [3.8, 4) is 0 Å². The van der Waals surface area contributed by atoms with Gasteiger partial charge in [-0.25, -0.2) is 9.48 Å². The molecule has 2 N–H and O–H groups in total. The van der Waals surface area contributed by atoms with Gasteiger partial charge in [-0.15, -0.1) is 16.4 Å². The van der Waals surface area contributed by atoms with E-state index in [1.165, 1.54) is 11.3 Å². The monoisotopic (exact) mass is 391 g/mol. The predicted octanol–water partition coefficient (Wildman–Crippen LogP) is 2.56. The zero-order valence-corrected chi connectivity index (χ0v) is 16.7. The molecule has 146 valence electrons. The Bertz CT molecular complexity index is 823. The second-order valence-electron chi connectivity index (χ2n) is 6.43. The third kappa shape index (κ3) is 4.19. The van der Waals surface area contributed by atoms with Crippen LogP contribution < -0.4 is 10.6 Å². The highest BCUT2D eigenvalue weighted by Gasteiger charge is 2.25. The Kier molecular flexibility index (Phi) is 6.22. The summed E-state index contributed by atoms with van der Waals surface area (Å²) in [6, 6.07) is 0.256. The first kappa shape index (κ1) is 19.5. The zero-order valence-electron chi connectivity index (χ0n) is 15.9. The Hall–Kier alpha value is -2.26. The van der Waals surface area contributed by atoms with E-state index in [4.69, 9.17) is 4.74 Å². The number of hydrogen-bond donors (Lipinski definition) is 2. The number of nitrogens with one attached hydrogen (secondary N) is 2. The topological polar surface area (TPSA) is 98.1 Å². The molecule has 9 heteroatoms. The summed E-state index contributed by atoms with van der Waals surface area (Å²) < 4.78 is 6.94. The minimum absolute atomic E-state index is 0.243. The highest BCUT2D eigenvalue weighted by atomic mass is 32.1. The minimum atomic E-state index is -0.410. The van der Waals surface area contributed by atoms with Crippen LogP contribution in [0.25, 0.3) is 0 Å². The van der Waals surface area contributed by atoms with Crippen LogP contribution in [0.2, 0.25) is 0 Å². The quantitative estimate of drug-likeness (QED) is 0.735. The summed E-state index contributed by atoms with van der Waals surface area (Å²) >= 11 is 1.38. The smallest absolute Gasteiger partial charge is 0.341 e. The van der Waals surface area contributed by atoms with Gasteiger partial charge in [0.25, 0.3) is 5.91 Å². The van der Waals surface area contributed by atoms with Crippen molar-refractivity contribution in [2.75, 3.05) is 25.0 Å². The fourth-order valence-corrected chi connectivity index (χ4v) is 4.44. The highest BCUT2D eigenvalue weighted by molar-refractivity contribution is 7.16. The summed E-state index contributed by atoms with van der Waals surface area (Å²) in [6.07, 6.45) is 4.29. The normalized spacial score (nSPS) is 14.9. The van der Waals surface area contributed by atoms with E-state index in [1.807, 2.05) is 13.8 Å². The lowest BCUT2D eigenvalue weighted by Gasteiger charge is -2.22. The Labute approximate surface area is 162 Å². The van der Waals surface area contributed by atoms with E-state index < -0.39 is 5.97 Å². The zero-order chi connectivity index (χ0) is 19.4. The molecular weight excluding hydrogens is 366 g/mol. The van der Waals surface area contributed by atoms with Crippen molar-refractivity contribution in [1.82, 2.24) is 20.3 Å². The van der Waals surface area contributed by atoms with Crippen molar-refractivity contribution in [1.29, 1.82) is 0 Å². The standard InChI is InChI=1S/C18H25N5O3S/c1-4-13-11(3)27-17(15(13)18(25)26-5-2)20-16(24)14-10-23(22-21-14)12-6-8-19-9-7-12/h10,12,19H,4-9H2,1-3H3,(H,20,24). The van der Waals surface area contributed by atoms with Gasteiger partial charge in [0.1, 0.15) is 5.00 Å². The lowest BCUT2D eigenvalue weighted by molar-refractivity contribution is 0.0527. The number of rotatable bonds is 6. The van der Waals surface area contributed by atoms with Crippen LogP contribution in [-0.2, 0) is 11.2 Å². The predicted molar refractivity (Wildman–Crippen MR) is 104 cm³/mol. The number of esters is 1. The number of carbonyl (C=O) groups is 2. The molecule has 1 saturated heterocycles. The molecule has 2 aromatic rings. The number of anilines is 1. The number of piperidine rings is 1. The average Bonchev–Trinajstić information content (AvgIpc) is 3.27. The summed E-state index contributed by atoms with van der Waals surface area (Å²) in [6.45, 7) is 7.84. The largest absolute Gasteiger partial charge is 0.462 e. The third-order valence-corrected chi connectivity index (χ3v) is 5.76. The lowest BCUT2D eigenvalue weighted by atomic mass is 10.1. The Morgan fingerprint density at radius 1 is 1.37 bits per heavy atom. The molecule has 0 spiro atoms. The summed E-state index contributed by atoms with van der Waals surface area (Å²) in [5, 5.41) is 14.8. The van der Waals surface area contributed by atoms with Gasteiger partial charge < -0.3 is 15.4 Å². The molecule has 0 bridgehead atoms. The Morgan fingerprint density at radius 3 is 2.78 bits per heavy atom. The molecular formula is C18H25N5O3S. The van der Waals surface area contributed by atoms with Gasteiger partial charge in [-0.3, -0.25) is 4.79 Å². The van der Waals surface area contributed by atoms with Crippen LogP contribution in [0, 0.1) is 6.92 Å². The maximum absolute atomic E-state index is 12.7. The fraction of sp³-hybridized carbons (Fsp3) is 0.556. The molecule has 1 aliphatic heterocycles. The van der Waals surface area contributed by atoms with Gasteiger partial charge in [-0.1, -0.05) is 12.1 Å². The van der Waals surface area contributed by atoms with Gasteiger partial charge in [-0.05, 0) is 51.8 Å². The number of aryl methyl sites for hydroxylation is 1. The molecule has 0 radical (unpaired) electrons. The van der Waals surface area contributed by atoms with Gasteiger partial charge in [-0.2, -0.15) is 0 Å².